The van der Waals surface area contributed by atoms with Crippen molar-refractivity contribution in [1.82, 2.24) is 20.4 Å². The van der Waals surface area contributed by atoms with E-state index in [1.807, 2.05) is 38.4 Å². The normalized spacial score (nSPS) is 15.5. The molecule has 1 aliphatic rings. The third kappa shape index (κ3) is 6.94. The van der Waals surface area contributed by atoms with Gasteiger partial charge in [-0.05, 0) is 42.4 Å². The number of piperazine rings is 1. The molecule has 8 nitrogen and oxygen atoms in total. The molecular formula is C25H35N5O3. The van der Waals surface area contributed by atoms with Crippen molar-refractivity contribution in [3.05, 3.63) is 59.7 Å². The highest BCUT2D eigenvalue weighted by molar-refractivity contribution is 6.35. The number of nitrogens with zero attached hydrogens (tertiary/aromatic N) is 3. The number of carbonyl (C=O) groups excluding carboxylic acids is 2. The van der Waals surface area contributed by atoms with Gasteiger partial charge in [0.2, 0.25) is 0 Å². The lowest BCUT2D eigenvalue weighted by Crippen LogP contribution is -2.49. The molecule has 2 aromatic carbocycles. The van der Waals surface area contributed by atoms with E-state index in [1.54, 1.807) is 7.11 Å². The van der Waals surface area contributed by atoms with Crippen LogP contribution in [0.15, 0.2) is 48.5 Å². The summed E-state index contributed by atoms with van der Waals surface area (Å²) in [7, 11) is 7.75. The molecule has 1 atom stereocenters. The number of carbonyl (C=O) groups is 2. The second-order valence-corrected chi connectivity index (χ2v) is 8.58. The molecule has 0 bridgehead atoms. The Labute approximate surface area is 196 Å². The van der Waals surface area contributed by atoms with Crippen molar-refractivity contribution >= 4 is 17.5 Å². The van der Waals surface area contributed by atoms with Crippen molar-refractivity contribution in [2.75, 3.05) is 65.9 Å². The van der Waals surface area contributed by atoms with Gasteiger partial charge in [0.05, 0.1) is 13.2 Å². The van der Waals surface area contributed by atoms with E-state index >= 15 is 0 Å². The summed E-state index contributed by atoms with van der Waals surface area (Å²) < 4.78 is 5.14. The fourth-order valence-electron chi connectivity index (χ4n) is 3.86. The molecule has 0 spiro atoms. The molecule has 0 aliphatic carbocycles. The number of anilines is 1. The van der Waals surface area contributed by atoms with E-state index in [2.05, 4.69) is 56.6 Å². The van der Waals surface area contributed by atoms with E-state index in [4.69, 9.17) is 4.74 Å². The molecule has 2 aromatic rings. The van der Waals surface area contributed by atoms with Crippen molar-refractivity contribution in [3.63, 3.8) is 0 Å². The van der Waals surface area contributed by atoms with Gasteiger partial charge in [0.1, 0.15) is 5.75 Å². The summed E-state index contributed by atoms with van der Waals surface area (Å²) in [6.45, 7) is 4.43. The van der Waals surface area contributed by atoms with Crippen molar-refractivity contribution in [2.24, 2.45) is 0 Å². The van der Waals surface area contributed by atoms with Crippen LogP contribution in [-0.2, 0) is 16.1 Å². The number of amides is 2. The number of hydrogen-bond acceptors (Lipinski definition) is 6. The third-order valence-corrected chi connectivity index (χ3v) is 6.05. The van der Waals surface area contributed by atoms with Gasteiger partial charge < -0.3 is 25.2 Å². The van der Waals surface area contributed by atoms with E-state index in [-0.39, 0.29) is 12.6 Å². The topological polar surface area (TPSA) is 77.1 Å². The maximum atomic E-state index is 12.5. The van der Waals surface area contributed by atoms with Crippen LogP contribution in [0.5, 0.6) is 5.75 Å². The number of ether oxygens (including phenoxy) is 1. The molecule has 1 saturated heterocycles. The van der Waals surface area contributed by atoms with Crippen LogP contribution in [0, 0.1) is 0 Å². The molecule has 1 aliphatic heterocycles. The predicted octanol–water partition coefficient (Wildman–Crippen LogP) is 1.48. The van der Waals surface area contributed by atoms with Crippen LogP contribution in [0.2, 0.25) is 0 Å². The molecule has 3 rings (SSSR count). The zero-order valence-electron chi connectivity index (χ0n) is 20.0. The largest absolute Gasteiger partial charge is 0.497 e. The molecule has 0 aromatic heterocycles. The minimum Gasteiger partial charge on any atom is -0.497 e. The number of nitrogens with one attached hydrogen (secondary N) is 2. The van der Waals surface area contributed by atoms with Crippen molar-refractivity contribution < 1.29 is 14.3 Å². The Morgan fingerprint density at radius 3 is 2.12 bits per heavy atom. The lowest BCUT2D eigenvalue weighted by Gasteiger charge is -2.38. The predicted molar refractivity (Wildman–Crippen MR) is 130 cm³/mol. The molecule has 0 radical (unpaired) electrons. The van der Waals surface area contributed by atoms with Gasteiger partial charge in [-0.25, -0.2) is 0 Å². The Morgan fingerprint density at radius 2 is 1.55 bits per heavy atom. The second kappa shape index (κ2) is 11.7. The molecule has 0 unspecified atom stereocenters. The van der Waals surface area contributed by atoms with Crippen LogP contribution in [0.3, 0.4) is 0 Å². The standard InChI is InChI=1S/C25H35N5O3/c1-28(2)21-9-7-20(8-10-21)23(30-15-13-29(3)14-16-30)18-27-25(32)24(31)26-17-19-5-11-22(33-4)12-6-19/h5-12,23H,13-18H2,1-4H3,(H,26,31)(H,27,32)/t23-/m0/s1. The number of benzene rings is 2. The van der Waals surface area contributed by atoms with E-state index in [0.29, 0.717) is 6.54 Å². The smallest absolute Gasteiger partial charge is 0.309 e. The van der Waals surface area contributed by atoms with Gasteiger partial charge >= 0.3 is 11.8 Å². The first-order chi connectivity index (χ1) is 15.9. The molecule has 8 heteroatoms. The Bertz CT molecular complexity index is 907. The van der Waals surface area contributed by atoms with E-state index < -0.39 is 11.8 Å². The van der Waals surface area contributed by atoms with E-state index in [9.17, 15) is 9.59 Å². The summed E-state index contributed by atoms with van der Waals surface area (Å²) in [4.78, 5) is 31.6. The van der Waals surface area contributed by atoms with Gasteiger partial charge in [0, 0.05) is 59.1 Å². The maximum Gasteiger partial charge on any atom is 0.309 e. The molecular weight excluding hydrogens is 418 g/mol. The van der Waals surface area contributed by atoms with Crippen LogP contribution < -0.4 is 20.3 Å². The van der Waals surface area contributed by atoms with Crippen LogP contribution in [0.4, 0.5) is 5.69 Å². The average molecular weight is 454 g/mol. The summed E-state index contributed by atoms with van der Waals surface area (Å²) in [6.07, 6.45) is 0. The molecule has 2 amide bonds. The van der Waals surface area contributed by atoms with Gasteiger partial charge in [-0.15, -0.1) is 0 Å². The zero-order valence-corrected chi connectivity index (χ0v) is 20.0. The number of methoxy groups -OCH3 is 1. The lowest BCUT2D eigenvalue weighted by atomic mass is 10.0. The summed E-state index contributed by atoms with van der Waals surface area (Å²) in [5.41, 5.74) is 3.15. The van der Waals surface area contributed by atoms with Crippen LogP contribution >= 0.6 is 0 Å². The number of rotatable bonds is 8. The van der Waals surface area contributed by atoms with Crippen molar-refractivity contribution in [1.29, 1.82) is 0 Å². The Kier molecular flexibility index (Phi) is 8.68. The number of likely N-dealkylation sites (N-methyl/N-ethyl adjacent to an activating group) is 1. The SMILES string of the molecule is COc1ccc(CNC(=O)C(=O)NC[C@@H](c2ccc(N(C)C)cc2)N2CCN(C)CC2)cc1. The maximum absolute atomic E-state index is 12.5. The van der Waals surface area contributed by atoms with Crippen LogP contribution in [0.1, 0.15) is 17.2 Å². The molecule has 33 heavy (non-hydrogen) atoms. The monoisotopic (exact) mass is 453 g/mol. The fourth-order valence-corrected chi connectivity index (χ4v) is 3.86. The minimum atomic E-state index is -0.633. The van der Waals surface area contributed by atoms with E-state index in [0.717, 1.165) is 48.7 Å². The quantitative estimate of drug-likeness (QED) is 0.590. The Hall–Kier alpha value is -3.10. The summed E-state index contributed by atoms with van der Waals surface area (Å²) in [6, 6.07) is 15.8. The van der Waals surface area contributed by atoms with Crippen molar-refractivity contribution in [2.45, 2.75) is 12.6 Å². The highest BCUT2D eigenvalue weighted by atomic mass is 16.5. The molecule has 1 heterocycles. The fraction of sp³-hybridized carbons (Fsp3) is 0.440. The molecule has 2 N–H and O–H groups in total. The molecule has 178 valence electrons. The summed E-state index contributed by atoms with van der Waals surface area (Å²) in [5, 5.41) is 5.53. The summed E-state index contributed by atoms with van der Waals surface area (Å²) in [5.74, 6) is -0.505. The first kappa shape index (κ1) is 24.5. The van der Waals surface area contributed by atoms with Gasteiger partial charge in [-0.2, -0.15) is 0 Å². The van der Waals surface area contributed by atoms with Crippen LogP contribution in [0.25, 0.3) is 0 Å². The Morgan fingerprint density at radius 1 is 0.939 bits per heavy atom. The highest BCUT2D eigenvalue weighted by Gasteiger charge is 2.25. The number of hydrogen-bond donors (Lipinski definition) is 2. The summed E-state index contributed by atoms with van der Waals surface area (Å²) >= 11 is 0. The van der Waals surface area contributed by atoms with Gasteiger partial charge in [0.25, 0.3) is 0 Å². The first-order valence-corrected chi connectivity index (χ1v) is 11.3. The molecule has 0 saturated carbocycles. The lowest BCUT2D eigenvalue weighted by molar-refractivity contribution is -0.139. The van der Waals surface area contributed by atoms with Gasteiger partial charge in [0.15, 0.2) is 0 Å². The van der Waals surface area contributed by atoms with E-state index in [1.165, 1.54) is 0 Å². The van der Waals surface area contributed by atoms with Crippen molar-refractivity contribution in [3.8, 4) is 5.75 Å². The zero-order chi connectivity index (χ0) is 23.8. The Balaban J connectivity index is 1.60. The average Bonchev–Trinajstić information content (AvgIpc) is 2.84. The first-order valence-electron chi connectivity index (χ1n) is 11.3. The van der Waals surface area contributed by atoms with Crippen LogP contribution in [-0.4, -0.2) is 82.6 Å². The highest BCUT2D eigenvalue weighted by Crippen LogP contribution is 2.24. The second-order valence-electron chi connectivity index (χ2n) is 8.58. The van der Waals surface area contributed by atoms with Gasteiger partial charge in [-0.1, -0.05) is 24.3 Å². The third-order valence-electron chi connectivity index (χ3n) is 6.05. The molecule has 1 fully saturated rings. The minimum absolute atomic E-state index is 0.00764. The van der Waals surface area contributed by atoms with Gasteiger partial charge in [-0.3, -0.25) is 14.5 Å².